The van der Waals surface area contributed by atoms with Gasteiger partial charge in [-0.2, -0.15) is 0 Å². The molecule has 1 fully saturated rings. The highest BCUT2D eigenvalue weighted by molar-refractivity contribution is 5.61. The van der Waals surface area contributed by atoms with E-state index in [2.05, 4.69) is 22.4 Å². The van der Waals surface area contributed by atoms with E-state index >= 15 is 0 Å². The van der Waals surface area contributed by atoms with Crippen LogP contribution in [0.25, 0.3) is 11.4 Å². The topological polar surface area (TPSA) is 69.6 Å². The number of hydrogen-bond donors (Lipinski definition) is 1. The molecule has 2 atom stereocenters. The van der Waals surface area contributed by atoms with Gasteiger partial charge in [0.05, 0.1) is 5.56 Å². The van der Waals surface area contributed by atoms with Crippen molar-refractivity contribution < 1.29 is 4.39 Å². The summed E-state index contributed by atoms with van der Waals surface area (Å²) in [5.41, 5.74) is 6.59. The third-order valence-electron chi connectivity index (χ3n) is 4.00. The highest BCUT2D eigenvalue weighted by Gasteiger charge is 2.24. The molecule has 0 aliphatic heterocycles. The summed E-state index contributed by atoms with van der Waals surface area (Å²) in [7, 11) is 0. The highest BCUT2D eigenvalue weighted by Crippen LogP contribution is 2.32. The summed E-state index contributed by atoms with van der Waals surface area (Å²) in [6, 6.07) is 4.46. The van der Waals surface area contributed by atoms with Crippen molar-refractivity contribution in [2.24, 2.45) is 11.8 Å². The Kier molecular flexibility index (Phi) is 3.38. The highest BCUT2D eigenvalue weighted by atomic mass is 19.1. The largest absolute Gasteiger partial charge is 0.399 e. The summed E-state index contributed by atoms with van der Waals surface area (Å²) >= 11 is 0. The number of anilines is 1. The first-order valence-electron chi connectivity index (χ1n) is 6.95. The molecule has 1 aliphatic carbocycles. The molecular weight excluding hydrogens is 257 g/mol. The molecule has 0 amide bonds. The van der Waals surface area contributed by atoms with Crippen molar-refractivity contribution >= 4 is 5.69 Å². The van der Waals surface area contributed by atoms with Crippen molar-refractivity contribution in [3.05, 3.63) is 24.0 Å². The van der Waals surface area contributed by atoms with Gasteiger partial charge in [-0.25, -0.2) is 9.07 Å². The molecule has 1 aromatic carbocycles. The van der Waals surface area contributed by atoms with Gasteiger partial charge in [0.1, 0.15) is 5.82 Å². The van der Waals surface area contributed by atoms with Gasteiger partial charge >= 0.3 is 0 Å². The minimum Gasteiger partial charge on any atom is -0.399 e. The first-order chi connectivity index (χ1) is 9.63. The lowest BCUT2D eigenvalue weighted by Gasteiger charge is -2.11. The van der Waals surface area contributed by atoms with Gasteiger partial charge in [0.2, 0.25) is 0 Å². The van der Waals surface area contributed by atoms with Gasteiger partial charge < -0.3 is 5.73 Å². The minimum absolute atomic E-state index is 0.352. The lowest BCUT2D eigenvalue weighted by atomic mass is 10.1. The van der Waals surface area contributed by atoms with Crippen LogP contribution < -0.4 is 5.73 Å². The molecule has 0 radical (unpaired) electrons. The Morgan fingerprint density at radius 3 is 3.00 bits per heavy atom. The number of aromatic nitrogens is 4. The van der Waals surface area contributed by atoms with Gasteiger partial charge in [-0.15, -0.1) is 5.10 Å². The minimum atomic E-state index is -0.352. The molecular formula is C14H18FN5. The summed E-state index contributed by atoms with van der Waals surface area (Å²) in [6.07, 6.45) is 3.60. The fraction of sp³-hybridized carbons (Fsp3) is 0.500. The second kappa shape index (κ2) is 5.19. The van der Waals surface area contributed by atoms with Crippen LogP contribution in [0.15, 0.2) is 18.2 Å². The zero-order chi connectivity index (χ0) is 14.1. The SMILES string of the molecule is CC1CCC(Cn2nnnc2-c2cc(N)ccc2F)C1. The number of halogens is 1. The maximum atomic E-state index is 13.9. The number of benzene rings is 1. The predicted octanol–water partition coefficient (Wildman–Crippen LogP) is 2.50. The zero-order valence-corrected chi connectivity index (χ0v) is 11.5. The van der Waals surface area contributed by atoms with Gasteiger partial charge in [-0.1, -0.05) is 13.3 Å². The number of nitrogens with zero attached hydrogens (tertiary/aromatic N) is 4. The van der Waals surface area contributed by atoms with Crippen LogP contribution in [0.4, 0.5) is 10.1 Å². The van der Waals surface area contributed by atoms with Crippen molar-refractivity contribution in [3.8, 4) is 11.4 Å². The van der Waals surface area contributed by atoms with Crippen LogP contribution in [0.5, 0.6) is 0 Å². The Bertz CT molecular complexity index is 609. The smallest absolute Gasteiger partial charge is 0.185 e. The van der Waals surface area contributed by atoms with E-state index in [-0.39, 0.29) is 5.82 Å². The average Bonchev–Trinajstić information content (AvgIpc) is 3.02. The zero-order valence-electron chi connectivity index (χ0n) is 11.5. The number of tetrazole rings is 1. The van der Waals surface area contributed by atoms with E-state index in [0.29, 0.717) is 23.0 Å². The molecule has 0 bridgehead atoms. The van der Waals surface area contributed by atoms with E-state index in [4.69, 9.17) is 5.73 Å². The first-order valence-corrected chi connectivity index (χ1v) is 6.95. The Balaban J connectivity index is 1.88. The van der Waals surface area contributed by atoms with Crippen LogP contribution in [-0.2, 0) is 6.54 Å². The molecule has 106 valence electrons. The van der Waals surface area contributed by atoms with Gasteiger partial charge in [-0.05, 0) is 53.3 Å². The molecule has 20 heavy (non-hydrogen) atoms. The molecule has 6 heteroatoms. The molecule has 1 aliphatic rings. The summed E-state index contributed by atoms with van der Waals surface area (Å²) in [6.45, 7) is 3.00. The molecule has 2 N–H and O–H groups in total. The van der Waals surface area contributed by atoms with Crippen molar-refractivity contribution in [3.63, 3.8) is 0 Å². The van der Waals surface area contributed by atoms with E-state index in [0.717, 1.165) is 12.5 Å². The van der Waals surface area contributed by atoms with Crippen LogP contribution in [-0.4, -0.2) is 20.2 Å². The number of hydrogen-bond acceptors (Lipinski definition) is 4. The second-order valence-electron chi connectivity index (χ2n) is 5.71. The fourth-order valence-electron chi connectivity index (χ4n) is 2.97. The molecule has 0 saturated heterocycles. The van der Waals surface area contributed by atoms with Crippen LogP contribution in [0.1, 0.15) is 26.2 Å². The maximum Gasteiger partial charge on any atom is 0.185 e. The Morgan fingerprint density at radius 1 is 1.40 bits per heavy atom. The average molecular weight is 275 g/mol. The third-order valence-corrected chi connectivity index (χ3v) is 4.00. The molecule has 5 nitrogen and oxygen atoms in total. The summed E-state index contributed by atoms with van der Waals surface area (Å²) in [5.74, 6) is 1.42. The van der Waals surface area contributed by atoms with Crippen LogP contribution in [0.2, 0.25) is 0 Å². The molecule has 1 saturated carbocycles. The van der Waals surface area contributed by atoms with Crippen LogP contribution in [0.3, 0.4) is 0 Å². The van der Waals surface area contributed by atoms with E-state index in [1.165, 1.54) is 31.4 Å². The van der Waals surface area contributed by atoms with Crippen molar-refractivity contribution in [1.82, 2.24) is 20.2 Å². The van der Waals surface area contributed by atoms with Gasteiger partial charge in [0, 0.05) is 12.2 Å². The van der Waals surface area contributed by atoms with Gasteiger partial charge in [0.25, 0.3) is 0 Å². The normalized spacial score (nSPS) is 22.3. The fourth-order valence-corrected chi connectivity index (χ4v) is 2.97. The van der Waals surface area contributed by atoms with Crippen molar-refractivity contribution in [2.75, 3.05) is 5.73 Å². The van der Waals surface area contributed by atoms with E-state index in [1.54, 1.807) is 10.7 Å². The molecule has 0 spiro atoms. The van der Waals surface area contributed by atoms with Gasteiger partial charge in [-0.3, -0.25) is 0 Å². The van der Waals surface area contributed by atoms with Crippen LogP contribution >= 0.6 is 0 Å². The monoisotopic (exact) mass is 275 g/mol. The first kappa shape index (κ1) is 13.0. The molecule has 1 aromatic heterocycles. The lowest BCUT2D eigenvalue weighted by Crippen LogP contribution is -2.11. The summed E-state index contributed by atoms with van der Waals surface area (Å²) in [5, 5.41) is 11.6. The molecule has 1 heterocycles. The quantitative estimate of drug-likeness (QED) is 0.874. The van der Waals surface area contributed by atoms with E-state index in [1.807, 2.05) is 0 Å². The Labute approximate surface area is 117 Å². The van der Waals surface area contributed by atoms with Crippen LogP contribution in [0, 0.1) is 17.7 Å². The second-order valence-corrected chi connectivity index (χ2v) is 5.71. The van der Waals surface area contributed by atoms with Gasteiger partial charge in [0.15, 0.2) is 5.82 Å². The van der Waals surface area contributed by atoms with Crippen molar-refractivity contribution in [1.29, 1.82) is 0 Å². The Morgan fingerprint density at radius 2 is 2.25 bits per heavy atom. The number of nitrogen functional groups attached to an aromatic ring is 1. The molecule has 2 unspecified atom stereocenters. The molecule has 3 rings (SSSR count). The lowest BCUT2D eigenvalue weighted by molar-refractivity contribution is 0.412. The maximum absolute atomic E-state index is 13.9. The predicted molar refractivity (Wildman–Crippen MR) is 74.1 cm³/mol. The number of rotatable bonds is 3. The standard InChI is InChI=1S/C14H18FN5/c1-9-2-3-10(6-9)8-20-14(17-18-19-20)12-7-11(16)4-5-13(12)15/h4-5,7,9-10H,2-3,6,8,16H2,1H3. The van der Waals surface area contributed by atoms with E-state index < -0.39 is 0 Å². The molecule has 2 aromatic rings. The summed E-state index contributed by atoms with van der Waals surface area (Å²) in [4.78, 5) is 0. The van der Waals surface area contributed by atoms with Crippen molar-refractivity contribution in [2.45, 2.75) is 32.7 Å². The van der Waals surface area contributed by atoms with E-state index in [9.17, 15) is 4.39 Å². The number of nitrogens with two attached hydrogens (primary N) is 1. The Hall–Kier alpha value is -1.98. The summed E-state index contributed by atoms with van der Waals surface area (Å²) < 4.78 is 15.6. The third kappa shape index (κ3) is 2.50.